The smallest absolute Gasteiger partial charge is 0.233 e. The molecule has 0 radical (unpaired) electrons. The summed E-state index contributed by atoms with van der Waals surface area (Å²) in [6.07, 6.45) is 5.47. The van der Waals surface area contributed by atoms with Gasteiger partial charge in [-0.2, -0.15) is 5.10 Å². The number of hydrogen-bond donors (Lipinski definition) is 1. The predicted molar refractivity (Wildman–Crippen MR) is 77.1 cm³/mol. The number of aromatic nitrogens is 3. The highest BCUT2D eigenvalue weighted by molar-refractivity contribution is 6.53. The quantitative estimate of drug-likeness (QED) is 0.887. The van der Waals surface area contributed by atoms with E-state index in [1.54, 1.807) is 48.4 Å². The summed E-state index contributed by atoms with van der Waals surface area (Å²) < 4.78 is 0.588. The lowest BCUT2D eigenvalue weighted by Crippen LogP contribution is -2.26. The van der Waals surface area contributed by atoms with E-state index in [9.17, 15) is 4.79 Å². The maximum Gasteiger partial charge on any atom is 0.233 e. The number of hydrogen-bond acceptors (Lipinski definition) is 3. The maximum atomic E-state index is 12.3. The molecular formula is C13H12Cl2N4O. The first-order valence-electron chi connectivity index (χ1n) is 6.08. The van der Waals surface area contributed by atoms with Crippen LogP contribution in [0.1, 0.15) is 13.3 Å². The molecule has 7 heteroatoms. The van der Waals surface area contributed by atoms with Crippen LogP contribution in [0.5, 0.6) is 0 Å². The Labute approximate surface area is 125 Å². The highest BCUT2D eigenvalue weighted by atomic mass is 35.5. The molecule has 5 nitrogen and oxygen atoms in total. The fraction of sp³-hybridized carbons (Fsp3) is 0.308. The topological polar surface area (TPSA) is 59.8 Å². The number of nitrogens with one attached hydrogen (secondary N) is 1. The van der Waals surface area contributed by atoms with Gasteiger partial charge in [0.25, 0.3) is 0 Å². The molecule has 0 aliphatic heterocycles. The van der Waals surface area contributed by atoms with Gasteiger partial charge in [0, 0.05) is 18.6 Å². The van der Waals surface area contributed by atoms with E-state index in [1.807, 2.05) is 0 Å². The van der Waals surface area contributed by atoms with Crippen molar-refractivity contribution < 1.29 is 4.79 Å². The van der Waals surface area contributed by atoms with Crippen molar-refractivity contribution in [1.82, 2.24) is 14.8 Å². The Bertz CT molecular complexity index is 656. The average Bonchev–Trinajstić information content (AvgIpc) is 2.82. The molecular weight excluding hydrogens is 299 g/mol. The van der Waals surface area contributed by atoms with Crippen molar-refractivity contribution in [1.29, 1.82) is 0 Å². The van der Waals surface area contributed by atoms with Crippen LogP contribution in [0.25, 0.3) is 5.82 Å². The molecule has 2 aromatic heterocycles. The van der Waals surface area contributed by atoms with Gasteiger partial charge in [-0.25, -0.2) is 9.67 Å². The summed E-state index contributed by atoms with van der Waals surface area (Å²) >= 11 is 12.0. The molecule has 2 aromatic rings. The molecule has 0 bridgehead atoms. The summed E-state index contributed by atoms with van der Waals surface area (Å²) in [6, 6.07) is 5.29. The van der Waals surface area contributed by atoms with Crippen LogP contribution in [0.2, 0.25) is 0 Å². The van der Waals surface area contributed by atoms with Gasteiger partial charge in [-0.3, -0.25) is 4.79 Å². The third kappa shape index (κ3) is 2.07. The Balaban J connectivity index is 1.88. The van der Waals surface area contributed by atoms with E-state index in [2.05, 4.69) is 15.4 Å². The summed E-state index contributed by atoms with van der Waals surface area (Å²) in [5.74, 6) is 0.328. The van der Waals surface area contributed by atoms with Crippen molar-refractivity contribution in [2.24, 2.45) is 5.41 Å². The van der Waals surface area contributed by atoms with Crippen molar-refractivity contribution in [2.75, 3.05) is 5.32 Å². The fourth-order valence-electron chi connectivity index (χ4n) is 1.98. The van der Waals surface area contributed by atoms with E-state index >= 15 is 0 Å². The SMILES string of the molecule is C[C@]1(C(=O)Nc2cccnc2-n2cccn2)CC1(Cl)Cl. The zero-order valence-corrected chi connectivity index (χ0v) is 12.2. The molecule has 1 aliphatic carbocycles. The molecule has 1 atom stereocenters. The lowest BCUT2D eigenvalue weighted by atomic mass is 10.1. The van der Waals surface area contributed by atoms with Crippen molar-refractivity contribution in [3.63, 3.8) is 0 Å². The summed E-state index contributed by atoms with van der Waals surface area (Å²) in [5.41, 5.74) is -0.202. The Hall–Kier alpha value is -1.59. The zero-order chi connectivity index (χ0) is 14.4. The summed E-state index contributed by atoms with van der Waals surface area (Å²) in [6.45, 7) is 1.74. The van der Waals surface area contributed by atoms with Crippen LogP contribution >= 0.6 is 23.2 Å². The third-order valence-electron chi connectivity index (χ3n) is 3.52. The number of anilines is 1. The van der Waals surface area contributed by atoms with Crippen LogP contribution in [0.3, 0.4) is 0 Å². The summed E-state index contributed by atoms with van der Waals surface area (Å²) in [5, 5.41) is 6.94. The molecule has 1 amide bonds. The minimum atomic E-state index is -0.995. The number of pyridine rings is 1. The molecule has 0 unspecified atom stereocenters. The number of amides is 1. The van der Waals surface area contributed by atoms with Gasteiger partial charge in [-0.15, -0.1) is 23.2 Å². The van der Waals surface area contributed by atoms with Gasteiger partial charge in [0.15, 0.2) is 5.82 Å². The van der Waals surface area contributed by atoms with E-state index in [0.29, 0.717) is 17.9 Å². The standard InChI is InChI=1S/C13H12Cl2N4O/c1-12(8-13(12,14)15)11(20)18-9-4-2-5-16-10(9)19-7-3-6-17-19/h2-7H,8H2,1H3,(H,18,20)/t12-/m1/s1. The van der Waals surface area contributed by atoms with E-state index < -0.39 is 9.75 Å². The normalized spacial score (nSPS) is 23.4. The van der Waals surface area contributed by atoms with Crippen LogP contribution in [-0.4, -0.2) is 25.0 Å². The second kappa shape index (κ2) is 4.46. The number of halogens is 2. The van der Waals surface area contributed by atoms with E-state index in [0.717, 1.165) is 0 Å². The molecule has 1 N–H and O–H groups in total. The predicted octanol–water partition coefficient (Wildman–Crippen LogP) is 2.79. The van der Waals surface area contributed by atoms with Crippen molar-refractivity contribution in [3.05, 3.63) is 36.8 Å². The largest absolute Gasteiger partial charge is 0.322 e. The second-order valence-corrected chi connectivity index (χ2v) is 6.48. The van der Waals surface area contributed by atoms with Crippen LogP contribution < -0.4 is 5.32 Å². The van der Waals surface area contributed by atoms with Gasteiger partial charge in [0.05, 0.1) is 11.1 Å². The number of rotatable bonds is 3. The average molecular weight is 311 g/mol. The van der Waals surface area contributed by atoms with E-state index in [1.165, 1.54) is 0 Å². The molecule has 104 valence electrons. The Morgan fingerprint density at radius 3 is 2.75 bits per heavy atom. The van der Waals surface area contributed by atoms with Crippen LogP contribution in [0, 0.1) is 5.41 Å². The first-order chi connectivity index (χ1) is 9.44. The van der Waals surface area contributed by atoms with Gasteiger partial charge in [-0.05, 0) is 31.5 Å². The minimum absolute atomic E-state index is 0.219. The third-order valence-corrected chi connectivity index (χ3v) is 4.62. The summed E-state index contributed by atoms with van der Waals surface area (Å²) in [7, 11) is 0. The van der Waals surface area contributed by atoms with E-state index in [-0.39, 0.29) is 5.91 Å². The fourth-order valence-corrected chi connectivity index (χ4v) is 2.68. The molecule has 2 heterocycles. The lowest BCUT2D eigenvalue weighted by Gasteiger charge is -2.14. The number of alkyl halides is 2. The molecule has 1 aliphatic rings. The minimum Gasteiger partial charge on any atom is -0.322 e. The Kier molecular flexibility index (Phi) is 2.99. The van der Waals surface area contributed by atoms with Gasteiger partial charge < -0.3 is 5.32 Å². The van der Waals surface area contributed by atoms with Crippen molar-refractivity contribution in [2.45, 2.75) is 17.7 Å². The Morgan fingerprint density at radius 2 is 2.15 bits per heavy atom. The molecule has 20 heavy (non-hydrogen) atoms. The Morgan fingerprint density at radius 1 is 1.40 bits per heavy atom. The van der Waals surface area contributed by atoms with E-state index in [4.69, 9.17) is 23.2 Å². The van der Waals surface area contributed by atoms with Crippen LogP contribution in [0.15, 0.2) is 36.8 Å². The molecule has 0 spiro atoms. The van der Waals surface area contributed by atoms with Crippen molar-refractivity contribution in [3.8, 4) is 5.82 Å². The van der Waals surface area contributed by atoms with Gasteiger partial charge in [0.2, 0.25) is 5.91 Å². The number of nitrogens with zero attached hydrogens (tertiary/aromatic N) is 3. The highest BCUT2D eigenvalue weighted by Crippen LogP contribution is 2.64. The molecule has 0 aromatic carbocycles. The molecule has 1 saturated carbocycles. The zero-order valence-electron chi connectivity index (χ0n) is 10.7. The number of carbonyl (C=O) groups excluding carboxylic acids is 1. The maximum absolute atomic E-state index is 12.3. The van der Waals surface area contributed by atoms with Crippen LogP contribution in [-0.2, 0) is 4.79 Å². The highest BCUT2D eigenvalue weighted by Gasteiger charge is 2.67. The van der Waals surface area contributed by atoms with Crippen LogP contribution in [0.4, 0.5) is 5.69 Å². The molecule has 0 saturated heterocycles. The monoisotopic (exact) mass is 310 g/mol. The van der Waals surface area contributed by atoms with Gasteiger partial charge in [0.1, 0.15) is 4.33 Å². The number of carbonyl (C=O) groups is 1. The molecule has 1 fully saturated rings. The van der Waals surface area contributed by atoms with Gasteiger partial charge in [-0.1, -0.05) is 0 Å². The molecule has 3 rings (SSSR count). The first-order valence-corrected chi connectivity index (χ1v) is 6.84. The van der Waals surface area contributed by atoms with Crippen molar-refractivity contribution >= 4 is 34.8 Å². The summed E-state index contributed by atoms with van der Waals surface area (Å²) in [4.78, 5) is 16.5. The van der Waals surface area contributed by atoms with Gasteiger partial charge >= 0.3 is 0 Å². The first kappa shape index (κ1) is 13.4. The second-order valence-electron chi connectivity index (χ2n) is 4.99. The lowest BCUT2D eigenvalue weighted by molar-refractivity contribution is -0.120.